The van der Waals surface area contributed by atoms with Crippen molar-refractivity contribution in [2.24, 2.45) is 0 Å². The zero-order valence-corrected chi connectivity index (χ0v) is 13.0. The van der Waals surface area contributed by atoms with E-state index in [4.69, 9.17) is 0 Å². The number of hydrogen-bond donors (Lipinski definition) is 2. The molecule has 108 valence electrons. The summed E-state index contributed by atoms with van der Waals surface area (Å²) in [5, 5.41) is 7.05. The number of amides is 1. The van der Waals surface area contributed by atoms with E-state index in [-0.39, 0.29) is 11.9 Å². The van der Waals surface area contributed by atoms with Gasteiger partial charge in [-0.25, -0.2) is 4.98 Å². The third-order valence-corrected chi connectivity index (χ3v) is 3.46. The number of carbonyl (C=O) groups excluding carboxylic acids is 1. The summed E-state index contributed by atoms with van der Waals surface area (Å²) in [6.07, 6.45) is 1.88. The largest absolute Gasteiger partial charge is 0.362 e. The Bertz CT molecular complexity index is 392. The number of anilines is 1. The molecule has 0 spiro atoms. The van der Waals surface area contributed by atoms with Crippen LogP contribution in [0.5, 0.6) is 0 Å². The molecule has 0 aliphatic carbocycles. The van der Waals surface area contributed by atoms with E-state index in [0.717, 1.165) is 24.8 Å². The number of hydrogen-bond acceptors (Lipinski definition) is 5. The maximum absolute atomic E-state index is 11.7. The molecule has 5 nitrogen and oxygen atoms in total. The number of thiazole rings is 1. The number of aromatic nitrogens is 1. The predicted octanol–water partition coefficient (Wildman–Crippen LogP) is 1.92. The maximum Gasteiger partial charge on any atom is 0.234 e. The third kappa shape index (κ3) is 6.02. The first-order valence-electron chi connectivity index (χ1n) is 6.75. The van der Waals surface area contributed by atoms with Gasteiger partial charge in [0.05, 0.1) is 6.54 Å². The van der Waals surface area contributed by atoms with Crippen LogP contribution in [0.1, 0.15) is 32.6 Å². The van der Waals surface area contributed by atoms with Crippen LogP contribution < -0.4 is 10.6 Å². The summed E-state index contributed by atoms with van der Waals surface area (Å²) in [5.41, 5.74) is 0. The zero-order chi connectivity index (χ0) is 14.3. The second kappa shape index (κ2) is 8.12. The van der Waals surface area contributed by atoms with Crippen LogP contribution in [0.2, 0.25) is 0 Å². The predicted molar refractivity (Wildman–Crippen MR) is 80.5 cm³/mol. The molecule has 0 bridgehead atoms. The quantitative estimate of drug-likeness (QED) is 0.766. The minimum Gasteiger partial charge on any atom is -0.362 e. The number of nitrogens with zero attached hydrogens (tertiary/aromatic N) is 2. The van der Waals surface area contributed by atoms with Crippen molar-refractivity contribution in [1.82, 2.24) is 15.2 Å². The first-order chi connectivity index (χ1) is 9.05. The molecule has 0 aromatic carbocycles. The lowest BCUT2D eigenvalue weighted by Crippen LogP contribution is -2.39. The molecule has 0 saturated carbocycles. The van der Waals surface area contributed by atoms with E-state index in [0.29, 0.717) is 6.54 Å². The lowest BCUT2D eigenvalue weighted by Gasteiger charge is -2.19. The highest BCUT2D eigenvalue weighted by atomic mass is 32.1. The standard InChI is InChI=1S/C13H24N4OS/c1-5-14-13-15-7-11(19-13)8-17(6-2)9-12(18)16-10(3)4/h7,10H,5-6,8-9H2,1-4H3,(H,14,15)(H,16,18). The van der Waals surface area contributed by atoms with Crippen molar-refractivity contribution in [3.63, 3.8) is 0 Å². The van der Waals surface area contributed by atoms with Crippen LogP contribution >= 0.6 is 11.3 Å². The molecule has 0 fully saturated rings. The van der Waals surface area contributed by atoms with E-state index in [1.807, 2.05) is 20.0 Å². The van der Waals surface area contributed by atoms with Crippen molar-refractivity contribution >= 4 is 22.4 Å². The molecular formula is C13H24N4OS. The van der Waals surface area contributed by atoms with Crippen molar-refractivity contribution in [1.29, 1.82) is 0 Å². The monoisotopic (exact) mass is 284 g/mol. The normalized spacial score (nSPS) is 11.1. The van der Waals surface area contributed by atoms with Gasteiger partial charge in [-0.05, 0) is 27.3 Å². The third-order valence-electron chi connectivity index (χ3n) is 2.53. The fraction of sp³-hybridized carbons (Fsp3) is 0.692. The van der Waals surface area contributed by atoms with Crippen LogP contribution in [0.4, 0.5) is 5.13 Å². The Kier molecular flexibility index (Phi) is 6.80. The first-order valence-corrected chi connectivity index (χ1v) is 7.57. The molecule has 2 N–H and O–H groups in total. The van der Waals surface area contributed by atoms with Gasteiger partial charge in [0.2, 0.25) is 5.91 Å². The van der Waals surface area contributed by atoms with Crippen molar-refractivity contribution in [2.45, 2.75) is 40.3 Å². The van der Waals surface area contributed by atoms with Crippen LogP contribution in [0, 0.1) is 0 Å². The topological polar surface area (TPSA) is 57.3 Å². The molecule has 0 saturated heterocycles. The highest BCUT2D eigenvalue weighted by molar-refractivity contribution is 7.15. The summed E-state index contributed by atoms with van der Waals surface area (Å²) in [6.45, 7) is 11.0. The Labute approximate surface area is 119 Å². The molecule has 1 rings (SSSR count). The number of nitrogens with one attached hydrogen (secondary N) is 2. The van der Waals surface area contributed by atoms with Crippen molar-refractivity contribution in [2.75, 3.05) is 25.0 Å². The highest BCUT2D eigenvalue weighted by Crippen LogP contribution is 2.19. The molecule has 1 amide bonds. The summed E-state index contributed by atoms with van der Waals surface area (Å²) in [5.74, 6) is 0.0771. The second-order valence-electron chi connectivity index (χ2n) is 4.69. The molecule has 1 aromatic rings. The average molecular weight is 284 g/mol. The van der Waals surface area contributed by atoms with Gasteiger partial charge in [-0.2, -0.15) is 0 Å². The maximum atomic E-state index is 11.7. The molecule has 19 heavy (non-hydrogen) atoms. The van der Waals surface area contributed by atoms with Gasteiger partial charge in [0.1, 0.15) is 0 Å². The summed E-state index contributed by atoms with van der Waals surface area (Å²) in [7, 11) is 0. The van der Waals surface area contributed by atoms with Gasteiger partial charge in [-0.15, -0.1) is 11.3 Å². The fourth-order valence-electron chi connectivity index (χ4n) is 1.68. The molecule has 1 heterocycles. The van der Waals surface area contributed by atoms with Gasteiger partial charge in [-0.1, -0.05) is 6.92 Å². The molecule has 0 atom stereocenters. The van der Waals surface area contributed by atoms with Gasteiger partial charge < -0.3 is 10.6 Å². The minimum absolute atomic E-state index is 0.0771. The van der Waals surface area contributed by atoms with Crippen LogP contribution in [0.15, 0.2) is 6.20 Å². The Balaban J connectivity index is 2.48. The van der Waals surface area contributed by atoms with E-state index < -0.39 is 0 Å². The van der Waals surface area contributed by atoms with Gasteiger partial charge in [0.15, 0.2) is 5.13 Å². The zero-order valence-electron chi connectivity index (χ0n) is 12.2. The van der Waals surface area contributed by atoms with Crippen LogP contribution in [0.3, 0.4) is 0 Å². The lowest BCUT2D eigenvalue weighted by atomic mass is 10.3. The fourth-order valence-corrected chi connectivity index (χ4v) is 2.61. The van der Waals surface area contributed by atoms with E-state index in [1.165, 1.54) is 4.88 Å². The van der Waals surface area contributed by atoms with E-state index in [1.54, 1.807) is 11.3 Å². The van der Waals surface area contributed by atoms with Gasteiger partial charge in [0, 0.05) is 30.2 Å². The number of rotatable bonds is 8. The Morgan fingerprint density at radius 1 is 1.47 bits per heavy atom. The van der Waals surface area contributed by atoms with E-state index in [9.17, 15) is 4.79 Å². The summed E-state index contributed by atoms with van der Waals surface area (Å²) >= 11 is 1.65. The molecule has 0 radical (unpaired) electrons. The van der Waals surface area contributed by atoms with Crippen LogP contribution in [-0.4, -0.2) is 41.5 Å². The Hall–Kier alpha value is -1.14. The van der Waals surface area contributed by atoms with Crippen molar-refractivity contribution in [3.05, 3.63) is 11.1 Å². The first kappa shape index (κ1) is 15.9. The smallest absolute Gasteiger partial charge is 0.234 e. The summed E-state index contributed by atoms with van der Waals surface area (Å²) in [6, 6.07) is 0.190. The van der Waals surface area contributed by atoms with Crippen LogP contribution in [-0.2, 0) is 11.3 Å². The van der Waals surface area contributed by atoms with Crippen LogP contribution in [0.25, 0.3) is 0 Å². The molecule has 0 aliphatic rings. The lowest BCUT2D eigenvalue weighted by molar-refractivity contribution is -0.122. The van der Waals surface area contributed by atoms with Gasteiger partial charge >= 0.3 is 0 Å². The summed E-state index contributed by atoms with van der Waals surface area (Å²) < 4.78 is 0. The molecular weight excluding hydrogens is 260 g/mol. The Morgan fingerprint density at radius 2 is 2.21 bits per heavy atom. The second-order valence-corrected chi connectivity index (χ2v) is 5.80. The van der Waals surface area contributed by atoms with Crippen molar-refractivity contribution < 1.29 is 4.79 Å². The average Bonchev–Trinajstić information content (AvgIpc) is 2.75. The molecule has 0 unspecified atom stereocenters. The SMILES string of the molecule is CCNc1ncc(CN(CC)CC(=O)NC(C)C)s1. The van der Waals surface area contributed by atoms with Crippen molar-refractivity contribution in [3.8, 4) is 0 Å². The summed E-state index contributed by atoms with van der Waals surface area (Å²) in [4.78, 5) is 19.3. The molecule has 0 aliphatic heterocycles. The molecule has 6 heteroatoms. The van der Waals surface area contributed by atoms with Gasteiger partial charge in [0.25, 0.3) is 0 Å². The van der Waals surface area contributed by atoms with E-state index >= 15 is 0 Å². The number of carbonyl (C=O) groups is 1. The Morgan fingerprint density at radius 3 is 2.79 bits per heavy atom. The minimum atomic E-state index is 0.0771. The van der Waals surface area contributed by atoms with Gasteiger partial charge in [-0.3, -0.25) is 9.69 Å². The molecule has 1 aromatic heterocycles. The highest BCUT2D eigenvalue weighted by Gasteiger charge is 2.12. The van der Waals surface area contributed by atoms with E-state index in [2.05, 4.69) is 34.4 Å². The number of likely N-dealkylation sites (N-methyl/N-ethyl adjacent to an activating group) is 1.